The SMILES string of the molecule is O=C(N[C@@H]1C=C[C@H](CO)C1)c1ccccc1C(=O)c1ccccc1. The molecule has 0 spiro atoms. The predicted octanol–water partition coefficient (Wildman–Crippen LogP) is 2.58. The van der Waals surface area contributed by atoms with Crippen molar-refractivity contribution in [2.24, 2.45) is 5.92 Å². The molecule has 0 aliphatic heterocycles. The van der Waals surface area contributed by atoms with E-state index in [0.717, 1.165) is 0 Å². The number of aliphatic hydroxyl groups is 1. The number of hydrogen-bond acceptors (Lipinski definition) is 3. The summed E-state index contributed by atoms with van der Waals surface area (Å²) in [4.78, 5) is 25.3. The van der Waals surface area contributed by atoms with Crippen molar-refractivity contribution < 1.29 is 14.7 Å². The van der Waals surface area contributed by atoms with E-state index in [0.29, 0.717) is 23.1 Å². The van der Waals surface area contributed by atoms with Crippen LogP contribution in [0.25, 0.3) is 0 Å². The van der Waals surface area contributed by atoms with Crippen molar-refractivity contribution in [3.63, 3.8) is 0 Å². The van der Waals surface area contributed by atoms with Crippen molar-refractivity contribution in [2.75, 3.05) is 6.61 Å². The molecule has 1 aliphatic rings. The van der Waals surface area contributed by atoms with Gasteiger partial charge < -0.3 is 10.4 Å². The summed E-state index contributed by atoms with van der Waals surface area (Å²) in [6, 6.07) is 15.6. The maximum atomic E-state index is 12.7. The Labute approximate surface area is 140 Å². The first-order chi connectivity index (χ1) is 11.7. The van der Waals surface area contributed by atoms with Crippen LogP contribution >= 0.6 is 0 Å². The third kappa shape index (κ3) is 3.44. The highest BCUT2D eigenvalue weighted by Gasteiger charge is 2.23. The zero-order valence-electron chi connectivity index (χ0n) is 13.2. The second-order valence-corrected chi connectivity index (χ2v) is 5.88. The minimum absolute atomic E-state index is 0.0753. The van der Waals surface area contributed by atoms with E-state index in [-0.39, 0.29) is 30.3 Å². The summed E-state index contributed by atoms with van der Waals surface area (Å²) in [6.07, 6.45) is 4.48. The first kappa shape index (κ1) is 16.1. The molecular formula is C20H19NO3. The van der Waals surface area contributed by atoms with Gasteiger partial charge in [0.05, 0.1) is 5.56 Å². The van der Waals surface area contributed by atoms with Crippen molar-refractivity contribution >= 4 is 11.7 Å². The molecule has 0 aromatic heterocycles. The molecule has 1 amide bonds. The van der Waals surface area contributed by atoms with Gasteiger partial charge in [0.2, 0.25) is 0 Å². The van der Waals surface area contributed by atoms with Crippen molar-refractivity contribution in [1.29, 1.82) is 0 Å². The third-order valence-corrected chi connectivity index (χ3v) is 4.18. The van der Waals surface area contributed by atoms with Gasteiger partial charge in [0.1, 0.15) is 0 Å². The standard InChI is InChI=1S/C20H19NO3/c22-13-14-10-11-16(12-14)21-20(24)18-9-5-4-8-17(18)19(23)15-6-2-1-3-7-15/h1-11,14,16,22H,12-13H2,(H,21,24)/t14-,16+/m0/s1. The van der Waals surface area contributed by atoms with Crippen LogP contribution in [0.5, 0.6) is 0 Å². The Kier molecular flexibility index (Phi) is 4.87. The molecule has 0 radical (unpaired) electrons. The second kappa shape index (κ2) is 7.23. The van der Waals surface area contributed by atoms with Gasteiger partial charge in [-0.25, -0.2) is 0 Å². The highest BCUT2D eigenvalue weighted by atomic mass is 16.3. The fourth-order valence-corrected chi connectivity index (χ4v) is 2.89. The van der Waals surface area contributed by atoms with Crippen LogP contribution in [0.2, 0.25) is 0 Å². The van der Waals surface area contributed by atoms with Crippen LogP contribution in [0.3, 0.4) is 0 Å². The Morgan fingerprint density at radius 1 is 0.958 bits per heavy atom. The number of carbonyl (C=O) groups is 2. The molecule has 0 heterocycles. The topological polar surface area (TPSA) is 66.4 Å². The molecule has 3 rings (SSSR count). The van der Waals surface area contributed by atoms with Gasteiger partial charge in [-0.3, -0.25) is 9.59 Å². The molecule has 1 aliphatic carbocycles. The molecule has 2 aromatic carbocycles. The fraction of sp³-hybridized carbons (Fsp3) is 0.200. The molecule has 24 heavy (non-hydrogen) atoms. The molecule has 2 aromatic rings. The summed E-state index contributed by atoms with van der Waals surface area (Å²) in [7, 11) is 0. The monoisotopic (exact) mass is 321 g/mol. The minimum Gasteiger partial charge on any atom is -0.396 e. The van der Waals surface area contributed by atoms with Crippen LogP contribution in [0.1, 0.15) is 32.7 Å². The summed E-state index contributed by atoms with van der Waals surface area (Å²) in [5, 5.41) is 12.1. The number of rotatable bonds is 5. The molecule has 0 unspecified atom stereocenters. The van der Waals surface area contributed by atoms with Crippen molar-refractivity contribution in [3.05, 3.63) is 83.4 Å². The molecular weight excluding hydrogens is 302 g/mol. The van der Waals surface area contributed by atoms with Crippen molar-refractivity contribution in [1.82, 2.24) is 5.32 Å². The summed E-state index contributed by atoms with van der Waals surface area (Å²) in [5.41, 5.74) is 1.31. The van der Waals surface area contributed by atoms with E-state index in [1.54, 1.807) is 48.5 Å². The summed E-state index contributed by atoms with van der Waals surface area (Å²) >= 11 is 0. The Hall–Kier alpha value is -2.72. The first-order valence-corrected chi connectivity index (χ1v) is 7.98. The number of amides is 1. The van der Waals surface area contributed by atoms with E-state index in [9.17, 15) is 9.59 Å². The maximum absolute atomic E-state index is 12.7. The van der Waals surface area contributed by atoms with Gasteiger partial charge in [-0.15, -0.1) is 0 Å². The Balaban J connectivity index is 1.80. The Bertz CT molecular complexity index is 767. The lowest BCUT2D eigenvalue weighted by atomic mass is 9.97. The Morgan fingerprint density at radius 2 is 1.62 bits per heavy atom. The molecule has 122 valence electrons. The second-order valence-electron chi connectivity index (χ2n) is 5.88. The minimum atomic E-state index is -0.275. The third-order valence-electron chi connectivity index (χ3n) is 4.18. The predicted molar refractivity (Wildman–Crippen MR) is 91.9 cm³/mol. The van der Waals surface area contributed by atoms with Crippen molar-refractivity contribution in [2.45, 2.75) is 12.5 Å². The zero-order valence-corrected chi connectivity index (χ0v) is 13.2. The largest absolute Gasteiger partial charge is 0.396 e. The van der Waals surface area contributed by atoms with E-state index in [1.165, 1.54) is 0 Å². The fourth-order valence-electron chi connectivity index (χ4n) is 2.89. The molecule has 2 N–H and O–H groups in total. The normalized spacial score (nSPS) is 19.2. The molecule has 0 fully saturated rings. The summed E-state index contributed by atoms with van der Waals surface area (Å²) in [5.74, 6) is -0.365. The lowest BCUT2D eigenvalue weighted by molar-refractivity contribution is 0.0930. The number of nitrogens with one attached hydrogen (secondary N) is 1. The van der Waals surface area contributed by atoms with Gasteiger partial charge >= 0.3 is 0 Å². The van der Waals surface area contributed by atoms with E-state index >= 15 is 0 Å². The van der Waals surface area contributed by atoms with Gasteiger partial charge in [0.15, 0.2) is 5.78 Å². The zero-order chi connectivity index (χ0) is 16.9. The van der Waals surface area contributed by atoms with Crippen molar-refractivity contribution in [3.8, 4) is 0 Å². The molecule has 4 nitrogen and oxygen atoms in total. The molecule has 0 saturated carbocycles. The number of benzene rings is 2. The van der Waals surface area contributed by atoms with E-state index in [1.807, 2.05) is 18.2 Å². The van der Waals surface area contributed by atoms with Gasteiger partial charge in [-0.05, 0) is 12.5 Å². The molecule has 0 saturated heterocycles. The number of aliphatic hydroxyl groups excluding tert-OH is 1. The quantitative estimate of drug-likeness (QED) is 0.657. The van der Waals surface area contributed by atoms with Crippen LogP contribution in [-0.4, -0.2) is 29.4 Å². The van der Waals surface area contributed by atoms with Crippen LogP contribution in [0.4, 0.5) is 0 Å². The first-order valence-electron chi connectivity index (χ1n) is 7.98. The average Bonchev–Trinajstić information content (AvgIpc) is 3.09. The number of hydrogen-bond donors (Lipinski definition) is 2. The lowest BCUT2D eigenvalue weighted by Gasteiger charge is -2.14. The lowest BCUT2D eigenvalue weighted by Crippen LogP contribution is -2.33. The van der Waals surface area contributed by atoms with Crippen LogP contribution in [-0.2, 0) is 0 Å². The van der Waals surface area contributed by atoms with Crippen LogP contribution < -0.4 is 5.32 Å². The average molecular weight is 321 g/mol. The summed E-state index contributed by atoms with van der Waals surface area (Å²) in [6.45, 7) is 0.0753. The smallest absolute Gasteiger partial charge is 0.252 e. The molecule has 4 heteroatoms. The van der Waals surface area contributed by atoms with E-state index in [4.69, 9.17) is 5.11 Å². The van der Waals surface area contributed by atoms with E-state index in [2.05, 4.69) is 5.32 Å². The van der Waals surface area contributed by atoms with Crippen LogP contribution in [0.15, 0.2) is 66.7 Å². The maximum Gasteiger partial charge on any atom is 0.252 e. The van der Waals surface area contributed by atoms with E-state index < -0.39 is 0 Å². The number of ketones is 1. The molecule has 2 atom stereocenters. The van der Waals surface area contributed by atoms with Crippen LogP contribution in [0, 0.1) is 5.92 Å². The summed E-state index contributed by atoms with van der Waals surface area (Å²) < 4.78 is 0. The molecule has 0 bridgehead atoms. The highest BCUT2D eigenvalue weighted by molar-refractivity contribution is 6.15. The van der Waals surface area contributed by atoms with Gasteiger partial charge in [-0.1, -0.05) is 60.7 Å². The Morgan fingerprint density at radius 3 is 2.29 bits per heavy atom. The van der Waals surface area contributed by atoms with Gasteiger partial charge in [0, 0.05) is 29.7 Å². The number of carbonyl (C=O) groups excluding carboxylic acids is 2. The van der Waals surface area contributed by atoms with Gasteiger partial charge in [0.25, 0.3) is 5.91 Å². The van der Waals surface area contributed by atoms with Gasteiger partial charge in [-0.2, -0.15) is 0 Å². The highest BCUT2D eigenvalue weighted by Crippen LogP contribution is 2.19.